The van der Waals surface area contributed by atoms with Crippen LogP contribution in [0.1, 0.15) is 13.8 Å². The molecule has 0 atom stereocenters. The summed E-state index contributed by atoms with van der Waals surface area (Å²) in [5.74, 6) is 0.879. The molecule has 0 amide bonds. The largest absolute Gasteiger partial charge is 0.395 e. The minimum atomic E-state index is -0.460. The van der Waals surface area contributed by atoms with Crippen molar-refractivity contribution in [1.29, 1.82) is 0 Å². The first-order valence-corrected chi connectivity index (χ1v) is 5.89. The third-order valence-corrected chi connectivity index (χ3v) is 2.46. The molecule has 0 spiro atoms. The Kier molecular flexibility index (Phi) is 5.31. The third-order valence-electron chi connectivity index (χ3n) is 2.46. The maximum Gasteiger partial charge on any atom is 0.311 e. The zero-order valence-corrected chi connectivity index (χ0v) is 10.6. The molecular formula is C11H18N4O3. The van der Waals surface area contributed by atoms with Crippen LogP contribution in [0.15, 0.2) is 12.1 Å². The molecule has 1 aromatic rings. The first-order valence-electron chi connectivity index (χ1n) is 5.89. The molecule has 1 rings (SSSR count). The van der Waals surface area contributed by atoms with E-state index in [0.717, 1.165) is 0 Å². The van der Waals surface area contributed by atoms with E-state index in [1.54, 1.807) is 11.0 Å². The van der Waals surface area contributed by atoms with E-state index in [1.165, 1.54) is 6.07 Å². The Morgan fingerprint density at radius 2 is 2.22 bits per heavy atom. The first-order chi connectivity index (χ1) is 8.63. The molecule has 100 valence electrons. The molecule has 0 aliphatic rings. The predicted molar refractivity (Wildman–Crippen MR) is 70.0 cm³/mol. The van der Waals surface area contributed by atoms with E-state index in [2.05, 4.69) is 10.3 Å². The molecule has 1 aromatic heterocycles. The quantitative estimate of drug-likeness (QED) is 0.562. The van der Waals surface area contributed by atoms with Gasteiger partial charge < -0.3 is 15.3 Å². The van der Waals surface area contributed by atoms with Crippen LogP contribution in [0.2, 0.25) is 0 Å². The van der Waals surface area contributed by atoms with Crippen molar-refractivity contribution >= 4 is 17.3 Å². The van der Waals surface area contributed by atoms with Crippen molar-refractivity contribution in [2.75, 3.05) is 36.5 Å². The smallest absolute Gasteiger partial charge is 0.311 e. The summed E-state index contributed by atoms with van der Waals surface area (Å²) in [5, 5.41) is 23.0. The van der Waals surface area contributed by atoms with Gasteiger partial charge in [0.1, 0.15) is 5.82 Å². The zero-order chi connectivity index (χ0) is 13.5. The lowest BCUT2D eigenvalue weighted by Gasteiger charge is -2.21. The summed E-state index contributed by atoms with van der Waals surface area (Å²) in [4.78, 5) is 16.4. The minimum absolute atomic E-state index is 0.0491. The minimum Gasteiger partial charge on any atom is -0.395 e. The molecule has 0 bridgehead atoms. The van der Waals surface area contributed by atoms with E-state index in [9.17, 15) is 10.1 Å². The standard InChI is InChI=1S/C11H18N4O3/c1-3-12-10-6-5-9(15(17)18)11(13-10)14(4-2)7-8-16/h5-6,16H,3-4,7-8H2,1-2H3,(H,12,13). The SMILES string of the molecule is CCNc1ccc([N+](=O)[O-])c(N(CC)CCO)n1. The number of rotatable bonds is 7. The highest BCUT2D eigenvalue weighted by Crippen LogP contribution is 2.27. The fourth-order valence-electron chi connectivity index (χ4n) is 1.63. The highest BCUT2D eigenvalue weighted by atomic mass is 16.6. The summed E-state index contributed by atoms with van der Waals surface area (Å²) >= 11 is 0. The van der Waals surface area contributed by atoms with E-state index in [1.807, 2.05) is 13.8 Å². The molecule has 0 aromatic carbocycles. The number of hydrogen-bond donors (Lipinski definition) is 2. The van der Waals surface area contributed by atoms with Crippen molar-refractivity contribution in [3.05, 3.63) is 22.2 Å². The van der Waals surface area contributed by atoms with Crippen molar-refractivity contribution in [1.82, 2.24) is 4.98 Å². The molecule has 0 saturated carbocycles. The molecule has 0 unspecified atom stereocenters. The summed E-state index contributed by atoms with van der Waals surface area (Å²) in [5.41, 5.74) is -0.0491. The van der Waals surface area contributed by atoms with Crippen molar-refractivity contribution in [3.63, 3.8) is 0 Å². The van der Waals surface area contributed by atoms with Gasteiger partial charge in [0.15, 0.2) is 0 Å². The van der Waals surface area contributed by atoms with Crippen molar-refractivity contribution in [3.8, 4) is 0 Å². The first kappa shape index (κ1) is 14.2. The van der Waals surface area contributed by atoms with Gasteiger partial charge in [-0.2, -0.15) is 0 Å². The Balaban J connectivity index is 3.16. The van der Waals surface area contributed by atoms with Crippen LogP contribution >= 0.6 is 0 Å². The lowest BCUT2D eigenvalue weighted by molar-refractivity contribution is -0.384. The second kappa shape index (κ2) is 6.75. The predicted octanol–water partition coefficient (Wildman–Crippen LogP) is 1.24. The molecule has 7 heteroatoms. The summed E-state index contributed by atoms with van der Waals surface area (Å²) in [6.07, 6.45) is 0. The van der Waals surface area contributed by atoms with Gasteiger partial charge in [-0.05, 0) is 19.9 Å². The summed E-state index contributed by atoms with van der Waals surface area (Å²) in [6.45, 7) is 5.27. The molecule has 0 aliphatic carbocycles. The lowest BCUT2D eigenvalue weighted by atomic mass is 10.3. The third kappa shape index (κ3) is 3.30. The molecule has 2 N–H and O–H groups in total. The van der Waals surface area contributed by atoms with Crippen LogP contribution < -0.4 is 10.2 Å². The molecule has 7 nitrogen and oxygen atoms in total. The van der Waals surface area contributed by atoms with Gasteiger partial charge >= 0.3 is 5.69 Å². The van der Waals surface area contributed by atoms with E-state index >= 15 is 0 Å². The van der Waals surface area contributed by atoms with Crippen molar-refractivity contribution in [2.45, 2.75) is 13.8 Å². The van der Waals surface area contributed by atoms with Crippen LogP contribution in [0, 0.1) is 10.1 Å². The van der Waals surface area contributed by atoms with Crippen LogP contribution in [0.3, 0.4) is 0 Å². The molecule has 0 saturated heterocycles. The van der Waals surface area contributed by atoms with Crippen LogP contribution in [0.4, 0.5) is 17.3 Å². The lowest BCUT2D eigenvalue weighted by Crippen LogP contribution is -2.28. The van der Waals surface area contributed by atoms with Gasteiger partial charge in [0, 0.05) is 25.7 Å². The van der Waals surface area contributed by atoms with Crippen molar-refractivity contribution < 1.29 is 10.0 Å². The Bertz CT molecular complexity index is 411. The average molecular weight is 254 g/mol. The molecule has 0 fully saturated rings. The average Bonchev–Trinajstić information content (AvgIpc) is 2.36. The van der Waals surface area contributed by atoms with Gasteiger partial charge in [0.05, 0.1) is 11.5 Å². The highest BCUT2D eigenvalue weighted by Gasteiger charge is 2.20. The molecule has 1 heterocycles. The zero-order valence-electron chi connectivity index (χ0n) is 10.6. The molecular weight excluding hydrogens is 236 g/mol. The summed E-state index contributed by atoms with van der Waals surface area (Å²) < 4.78 is 0. The number of anilines is 2. The Hall–Kier alpha value is -1.89. The summed E-state index contributed by atoms with van der Waals surface area (Å²) in [7, 11) is 0. The van der Waals surface area contributed by atoms with E-state index in [4.69, 9.17) is 5.11 Å². The number of aromatic nitrogens is 1. The number of hydrogen-bond acceptors (Lipinski definition) is 6. The number of likely N-dealkylation sites (N-methyl/N-ethyl adjacent to an activating group) is 1. The maximum absolute atomic E-state index is 11.0. The van der Waals surface area contributed by atoms with Crippen LogP contribution in [-0.2, 0) is 0 Å². The van der Waals surface area contributed by atoms with Gasteiger partial charge in [-0.25, -0.2) is 4.98 Å². The van der Waals surface area contributed by atoms with Gasteiger partial charge in [-0.1, -0.05) is 0 Å². The second-order valence-electron chi connectivity index (χ2n) is 3.63. The number of aliphatic hydroxyl groups excluding tert-OH is 1. The number of nitrogens with one attached hydrogen (secondary N) is 1. The topological polar surface area (TPSA) is 91.5 Å². The van der Waals surface area contributed by atoms with Gasteiger partial charge in [-0.3, -0.25) is 10.1 Å². The fraction of sp³-hybridized carbons (Fsp3) is 0.545. The normalized spacial score (nSPS) is 10.2. The van der Waals surface area contributed by atoms with Crippen molar-refractivity contribution in [2.24, 2.45) is 0 Å². The Morgan fingerprint density at radius 3 is 2.72 bits per heavy atom. The van der Waals surface area contributed by atoms with E-state index < -0.39 is 4.92 Å². The molecule has 0 radical (unpaired) electrons. The van der Waals surface area contributed by atoms with Gasteiger partial charge in [-0.15, -0.1) is 0 Å². The molecule has 18 heavy (non-hydrogen) atoms. The van der Waals surface area contributed by atoms with Crippen LogP contribution in [0.25, 0.3) is 0 Å². The Morgan fingerprint density at radius 1 is 1.50 bits per heavy atom. The number of aliphatic hydroxyl groups is 1. The maximum atomic E-state index is 11.0. The van der Waals surface area contributed by atoms with Crippen LogP contribution in [0.5, 0.6) is 0 Å². The molecule has 0 aliphatic heterocycles. The number of nitro groups is 1. The van der Waals surface area contributed by atoms with Gasteiger partial charge in [0.25, 0.3) is 0 Å². The number of pyridine rings is 1. The van der Waals surface area contributed by atoms with E-state index in [0.29, 0.717) is 25.5 Å². The van der Waals surface area contributed by atoms with Crippen LogP contribution in [-0.4, -0.2) is 41.3 Å². The second-order valence-corrected chi connectivity index (χ2v) is 3.63. The van der Waals surface area contributed by atoms with E-state index in [-0.39, 0.29) is 18.1 Å². The summed E-state index contributed by atoms with van der Waals surface area (Å²) in [6, 6.07) is 3.01. The highest BCUT2D eigenvalue weighted by molar-refractivity contribution is 5.61. The Labute approximate surface area is 106 Å². The number of nitrogens with zero attached hydrogens (tertiary/aromatic N) is 3. The monoisotopic (exact) mass is 254 g/mol. The van der Waals surface area contributed by atoms with Gasteiger partial charge in [0.2, 0.25) is 5.82 Å². The fourth-order valence-corrected chi connectivity index (χ4v) is 1.63.